The van der Waals surface area contributed by atoms with Crippen molar-refractivity contribution in [3.05, 3.63) is 59.4 Å². The van der Waals surface area contributed by atoms with E-state index in [1.807, 2.05) is 0 Å². The highest BCUT2D eigenvalue weighted by Crippen LogP contribution is 2.54. The highest BCUT2D eigenvalue weighted by molar-refractivity contribution is 7.92. The summed E-state index contributed by atoms with van der Waals surface area (Å²) in [5, 5.41) is 1.63. The zero-order valence-electron chi connectivity index (χ0n) is 18.0. The van der Waals surface area contributed by atoms with Crippen LogP contribution >= 0.6 is 0 Å². The summed E-state index contributed by atoms with van der Waals surface area (Å²) in [6, 6.07) is 6.75. The number of carbonyl (C=O) groups is 2. The fourth-order valence-corrected chi connectivity index (χ4v) is 8.24. The average Bonchev–Trinajstić information content (AvgIpc) is 3.29. The molecule has 0 radical (unpaired) electrons. The summed E-state index contributed by atoms with van der Waals surface area (Å²) in [5.74, 6) is -5.86. The summed E-state index contributed by atoms with van der Waals surface area (Å²) in [5.41, 5.74) is -0.872. The Kier molecular flexibility index (Phi) is 5.46. The van der Waals surface area contributed by atoms with Gasteiger partial charge in [0.15, 0.2) is 27.3 Å². The van der Waals surface area contributed by atoms with Crippen molar-refractivity contribution in [2.75, 3.05) is 5.32 Å². The van der Waals surface area contributed by atoms with Gasteiger partial charge in [-0.05, 0) is 62.1 Å². The number of esters is 1. The van der Waals surface area contributed by atoms with Crippen molar-refractivity contribution in [2.24, 2.45) is 11.8 Å². The molecule has 2 bridgehead atoms. The number of hydrogen-bond donors (Lipinski definition) is 1. The standard InChI is InChI=1S/C24H22F3NO5S/c25-18-9-16(10-19(26)21(18)27)28-23(30)13-2-1-3-17(8-13)34(31,32)22-14-4-5-15(22)12-24(11-14)7-6-20(29)33-24/h1-3,8-10,14-15,22H,4-7,11-12H2,(H,28,30). The molecular weight excluding hydrogens is 471 g/mol. The van der Waals surface area contributed by atoms with Crippen molar-refractivity contribution in [3.63, 3.8) is 0 Å². The van der Waals surface area contributed by atoms with Gasteiger partial charge in [0.05, 0.1) is 10.1 Å². The normalized spacial score (nSPS) is 28.2. The fraction of sp³-hybridized carbons (Fsp3) is 0.417. The SMILES string of the molecule is O=C1CCC2(CC3CCC(C2)C3S(=O)(=O)c2cccc(C(=O)Nc3cc(F)c(F)c(F)c3)c2)O1. The summed E-state index contributed by atoms with van der Waals surface area (Å²) in [7, 11) is -3.80. The fourth-order valence-electron chi connectivity index (χ4n) is 5.89. The van der Waals surface area contributed by atoms with Crippen LogP contribution in [0.2, 0.25) is 0 Å². The molecule has 5 rings (SSSR count). The van der Waals surface area contributed by atoms with Crippen LogP contribution in [0, 0.1) is 29.3 Å². The Bertz CT molecular complexity index is 1260. The second-order valence-electron chi connectivity index (χ2n) is 9.41. The van der Waals surface area contributed by atoms with E-state index in [-0.39, 0.29) is 34.0 Å². The lowest BCUT2D eigenvalue weighted by Gasteiger charge is -2.40. The number of hydrogen-bond acceptors (Lipinski definition) is 5. The smallest absolute Gasteiger partial charge is 0.306 e. The van der Waals surface area contributed by atoms with E-state index in [2.05, 4.69) is 5.32 Å². The van der Waals surface area contributed by atoms with Crippen molar-refractivity contribution < 1.29 is 35.9 Å². The minimum atomic E-state index is -3.80. The molecule has 0 aromatic heterocycles. The zero-order chi connectivity index (χ0) is 24.3. The van der Waals surface area contributed by atoms with Crippen molar-refractivity contribution in [1.82, 2.24) is 0 Å². The minimum absolute atomic E-state index is 0.0158. The monoisotopic (exact) mass is 493 g/mol. The van der Waals surface area contributed by atoms with Gasteiger partial charge in [0, 0.05) is 29.8 Å². The summed E-state index contributed by atoms with van der Waals surface area (Å²) in [6.45, 7) is 0. The van der Waals surface area contributed by atoms with Crippen molar-refractivity contribution in [2.45, 2.75) is 54.3 Å². The van der Waals surface area contributed by atoms with Crippen LogP contribution in [0.3, 0.4) is 0 Å². The van der Waals surface area contributed by atoms with Crippen LogP contribution in [0.25, 0.3) is 0 Å². The molecule has 180 valence electrons. The molecule has 1 heterocycles. The number of benzene rings is 2. The molecule has 1 amide bonds. The summed E-state index contributed by atoms with van der Waals surface area (Å²) >= 11 is 0. The Hall–Kier alpha value is -2.88. The molecule has 2 atom stereocenters. The third-order valence-corrected chi connectivity index (χ3v) is 9.64. The first kappa shape index (κ1) is 22.9. The van der Waals surface area contributed by atoms with Crippen LogP contribution in [0.15, 0.2) is 41.3 Å². The van der Waals surface area contributed by atoms with Gasteiger partial charge in [0.2, 0.25) is 0 Å². The molecule has 1 aliphatic heterocycles. The summed E-state index contributed by atoms with van der Waals surface area (Å²) < 4.78 is 72.9. The van der Waals surface area contributed by atoms with E-state index in [0.29, 0.717) is 37.8 Å². The third kappa shape index (κ3) is 3.87. The zero-order valence-corrected chi connectivity index (χ0v) is 18.8. The molecule has 2 unspecified atom stereocenters. The Balaban J connectivity index is 1.38. The average molecular weight is 494 g/mol. The first-order valence-corrected chi connectivity index (χ1v) is 12.6. The van der Waals surface area contributed by atoms with Gasteiger partial charge in [-0.15, -0.1) is 0 Å². The number of rotatable bonds is 4. The Morgan fingerprint density at radius 3 is 2.26 bits per heavy atom. The van der Waals surface area contributed by atoms with Crippen LogP contribution in [0.5, 0.6) is 0 Å². The number of carbonyl (C=O) groups excluding carboxylic acids is 2. The van der Waals surface area contributed by atoms with Gasteiger partial charge in [-0.3, -0.25) is 9.59 Å². The van der Waals surface area contributed by atoms with Crippen LogP contribution in [0.1, 0.15) is 48.9 Å². The van der Waals surface area contributed by atoms with Crippen molar-refractivity contribution in [1.29, 1.82) is 0 Å². The summed E-state index contributed by atoms with van der Waals surface area (Å²) in [4.78, 5) is 24.3. The van der Waals surface area contributed by atoms with E-state index in [1.54, 1.807) is 0 Å². The first-order valence-electron chi connectivity index (χ1n) is 11.1. The van der Waals surface area contributed by atoms with E-state index in [9.17, 15) is 31.2 Å². The maximum atomic E-state index is 13.6. The Morgan fingerprint density at radius 1 is 1.03 bits per heavy atom. The van der Waals surface area contributed by atoms with Crippen LogP contribution in [-0.2, 0) is 19.4 Å². The quantitative estimate of drug-likeness (QED) is 0.504. The van der Waals surface area contributed by atoms with E-state index in [1.165, 1.54) is 24.3 Å². The molecule has 3 fully saturated rings. The lowest BCUT2D eigenvalue weighted by Crippen LogP contribution is -2.46. The highest BCUT2D eigenvalue weighted by atomic mass is 32.2. The number of ether oxygens (including phenoxy) is 1. The van der Waals surface area contributed by atoms with Gasteiger partial charge in [0.1, 0.15) is 5.60 Å². The third-order valence-electron chi connectivity index (χ3n) is 7.25. The van der Waals surface area contributed by atoms with E-state index >= 15 is 0 Å². The lowest BCUT2D eigenvalue weighted by atomic mass is 9.76. The number of halogens is 3. The molecule has 3 aliphatic rings. The van der Waals surface area contributed by atoms with Gasteiger partial charge >= 0.3 is 5.97 Å². The van der Waals surface area contributed by atoms with Crippen LogP contribution in [0.4, 0.5) is 18.9 Å². The van der Waals surface area contributed by atoms with Gasteiger partial charge in [0.25, 0.3) is 5.91 Å². The number of fused-ring (bicyclic) bond motifs is 2. The second kappa shape index (κ2) is 8.11. The molecule has 1 spiro atoms. The van der Waals surface area contributed by atoms with Crippen LogP contribution < -0.4 is 5.32 Å². The maximum absolute atomic E-state index is 13.6. The predicted molar refractivity (Wildman–Crippen MR) is 115 cm³/mol. The summed E-state index contributed by atoms with van der Waals surface area (Å²) in [6.07, 6.45) is 3.47. The van der Waals surface area contributed by atoms with Gasteiger partial charge in [-0.25, -0.2) is 21.6 Å². The van der Waals surface area contributed by atoms with E-state index in [4.69, 9.17) is 4.74 Å². The number of nitrogens with one attached hydrogen (secondary N) is 1. The predicted octanol–water partition coefficient (Wildman–Crippen LogP) is 4.39. The van der Waals surface area contributed by atoms with Crippen molar-refractivity contribution in [3.8, 4) is 0 Å². The van der Waals surface area contributed by atoms with Gasteiger partial charge in [-0.1, -0.05) is 6.07 Å². The van der Waals surface area contributed by atoms with Crippen molar-refractivity contribution >= 4 is 27.4 Å². The second-order valence-corrected chi connectivity index (χ2v) is 11.5. The van der Waals surface area contributed by atoms with E-state index < -0.39 is 44.0 Å². The number of sulfone groups is 1. The largest absolute Gasteiger partial charge is 0.459 e. The molecule has 1 saturated heterocycles. The lowest BCUT2D eigenvalue weighted by molar-refractivity contribution is -0.152. The first-order chi connectivity index (χ1) is 16.1. The van der Waals surface area contributed by atoms with Gasteiger partial charge < -0.3 is 10.1 Å². The number of anilines is 1. The van der Waals surface area contributed by atoms with Gasteiger partial charge in [-0.2, -0.15) is 0 Å². The Labute approximate surface area is 194 Å². The molecule has 6 nitrogen and oxygen atoms in total. The number of amides is 1. The molecule has 10 heteroatoms. The molecule has 2 aliphatic carbocycles. The molecule has 2 aromatic carbocycles. The molecule has 1 N–H and O–H groups in total. The topological polar surface area (TPSA) is 89.5 Å². The van der Waals surface area contributed by atoms with Crippen LogP contribution in [-0.4, -0.2) is 31.1 Å². The molecule has 2 aromatic rings. The minimum Gasteiger partial charge on any atom is -0.459 e. The molecular formula is C24H22F3NO5S. The maximum Gasteiger partial charge on any atom is 0.306 e. The van der Waals surface area contributed by atoms with E-state index in [0.717, 1.165) is 12.8 Å². The molecule has 2 saturated carbocycles. The Morgan fingerprint density at radius 2 is 1.68 bits per heavy atom. The molecule has 34 heavy (non-hydrogen) atoms. The highest BCUT2D eigenvalue weighted by Gasteiger charge is 2.57.